The first-order valence-corrected chi connectivity index (χ1v) is 12.9. The number of hydrogen-bond acceptors (Lipinski definition) is 7. The topological polar surface area (TPSA) is 155 Å². The summed E-state index contributed by atoms with van der Waals surface area (Å²) in [7, 11) is 3.05. The van der Waals surface area contributed by atoms with Crippen molar-refractivity contribution >= 4 is 23.6 Å². The van der Waals surface area contributed by atoms with Crippen LogP contribution in [0, 0.1) is 5.92 Å². The predicted molar refractivity (Wildman–Crippen MR) is 143 cm³/mol. The molecule has 11 nitrogen and oxygen atoms in total. The molecule has 1 aromatic carbocycles. The minimum Gasteiger partial charge on any atom is -0.451 e. The minimum absolute atomic E-state index is 0.0738. The van der Waals surface area contributed by atoms with Gasteiger partial charge in [0.25, 0.3) is 17.7 Å². The highest BCUT2D eigenvalue weighted by atomic mass is 16.4. The number of nitrogens with one attached hydrogen (secondary N) is 4. The van der Waals surface area contributed by atoms with Crippen molar-refractivity contribution in [1.29, 1.82) is 0 Å². The van der Waals surface area contributed by atoms with Gasteiger partial charge in [0.2, 0.25) is 5.91 Å². The molecule has 0 saturated heterocycles. The normalized spacial score (nSPS) is 14.2. The second-order valence-corrected chi connectivity index (χ2v) is 9.38. The highest BCUT2D eigenvalue weighted by Crippen LogP contribution is 2.28. The van der Waals surface area contributed by atoms with E-state index < -0.39 is 23.8 Å². The van der Waals surface area contributed by atoms with E-state index in [4.69, 9.17) is 4.42 Å². The van der Waals surface area contributed by atoms with Crippen LogP contribution in [-0.2, 0) is 11.3 Å². The zero-order chi connectivity index (χ0) is 27.8. The Hall–Kier alpha value is -4.54. The predicted octanol–water partition coefficient (Wildman–Crippen LogP) is 2.45. The van der Waals surface area contributed by atoms with Gasteiger partial charge in [-0.1, -0.05) is 37.5 Å². The number of rotatable bonds is 9. The first-order valence-electron chi connectivity index (χ1n) is 12.9. The Balaban J connectivity index is 1.40. The Morgan fingerprint density at radius 3 is 2.36 bits per heavy atom. The van der Waals surface area contributed by atoms with Crippen molar-refractivity contribution < 1.29 is 23.6 Å². The van der Waals surface area contributed by atoms with E-state index in [0.29, 0.717) is 5.76 Å². The summed E-state index contributed by atoms with van der Waals surface area (Å²) in [6, 6.07) is 11.3. The maximum absolute atomic E-state index is 13.0. The molecule has 0 bridgehead atoms. The monoisotopic (exact) mass is 532 g/mol. The van der Waals surface area contributed by atoms with Crippen LogP contribution >= 0.6 is 0 Å². The van der Waals surface area contributed by atoms with Crippen LogP contribution in [0.2, 0.25) is 0 Å². The van der Waals surface area contributed by atoms with Crippen LogP contribution in [0.25, 0.3) is 11.3 Å². The van der Waals surface area contributed by atoms with Gasteiger partial charge in [-0.15, -0.1) is 0 Å². The first-order chi connectivity index (χ1) is 18.9. The fourth-order valence-electron chi connectivity index (χ4n) is 4.69. The lowest BCUT2D eigenvalue weighted by Gasteiger charge is -2.29. The Morgan fingerprint density at radius 2 is 1.64 bits per heavy atom. The molecule has 0 aliphatic heterocycles. The minimum atomic E-state index is -0.606. The number of amides is 4. The highest BCUT2D eigenvalue weighted by molar-refractivity contribution is 5.97. The number of furan rings is 1. The second kappa shape index (κ2) is 12.8. The molecule has 39 heavy (non-hydrogen) atoms. The van der Waals surface area contributed by atoms with E-state index in [1.54, 1.807) is 19.2 Å². The molecule has 0 spiro atoms. The van der Waals surface area contributed by atoms with Gasteiger partial charge in [0.1, 0.15) is 29.5 Å². The van der Waals surface area contributed by atoms with Gasteiger partial charge in [-0.05, 0) is 42.5 Å². The van der Waals surface area contributed by atoms with Crippen molar-refractivity contribution in [2.24, 2.45) is 5.92 Å². The summed E-state index contributed by atoms with van der Waals surface area (Å²) < 4.78 is 5.84. The summed E-state index contributed by atoms with van der Waals surface area (Å²) in [4.78, 5) is 57.6. The van der Waals surface area contributed by atoms with E-state index in [9.17, 15) is 19.2 Å². The number of benzene rings is 1. The van der Waals surface area contributed by atoms with Crippen molar-refractivity contribution in [3.8, 4) is 11.3 Å². The van der Waals surface area contributed by atoms with Crippen molar-refractivity contribution in [1.82, 2.24) is 31.2 Å². The first kappa shape index (κ1) is 27.5. The molecular weight excluding hydrogens is 500 g/mol. The summed E-state index contributed by atoms with van der Waals surface area (Å²) in [5.74, 6) is -0.815. The lowest BCUT2D eigenvalue weighted by Crippen LogP contribution is -2.50. The SMILES string of the molecule is CNC(=O)c1cc(C(=O)NCc2cccc(-c3ccc(C(=O)N[C@H](C(=O)NC)C4CCCCC4)o3)c2)ncn1. The van der Waals surface area contributed by atoms with E-state index in [-0.39, 0.29) is 35.5 Å². The Morgan fingerprint density at radius 1 is 0.897 bits per heavy atom. The zero-order valence-corrected chi connectivity index (χ0v) is 22.0. The van der Waals surface area contributed by atoms with Crippen molar-refractivity contribution in [2.45, 2.75) is 44.7 Å². The molecule has 1 aliphatic rings. The largest absolute Gasteiger partial charge is 0.451 e. The van der Waals surface area contributed by atoms with E-state index in [1.165, 1.54) is 13.1 Å². The Labute approximate surface area is 226 Å². The Kier molecular flexibility index (Phi) is 9.03. The summed E-state index contributed by atoms with van der Waals surface area (Å²) >= 11 is 0. The Bertz CT molecular complexity index is 1350. The quantitative estimate of drug-likeness (QED) is 0.330. The smallest absolute Gasteiger partial charge is 0.287 e. The lowest BCUT2D eigenvalue weighted by atomic mass is 9.83. The molecule has 4 amide bonds. The molecule has 0 unspecified atom stereocenters. The number of nitrogens with zero attached hydrogens (tertiary/aromatic N) is 2. The molecule has 1 fully saturated rings. The van der Waals surface area contributed by atoms with Crippen LogP contribution in [-0.4, -0.2) is 53.7 Å². The molecule has 4 rings (SSSR count). The molecule has 1 aliphatic carbocycles. The summed E-state index contributed by atoms with van der Waals surface area (Å²) in [5.41, 5.74) is 1.68. The van der Waals surface area contributed by atoms with Gasteiger partial charge >= 0.3 is 0 Å². The van der Waals surface area contributed by atoms with Gasteiger partial charge in [0.15, 0.2) is 5.76 Å². The van der Waals surface area contributed by atoms with E-state index in [1.807, 2.05) is 24.3 Å². The third-order valence-corrected chi connectivity index (χ3v) is 6.79. The maximum Gasteiger partial charge on any atom is 0.287 e. The average molecular weight is 533 g/mol. The summed E-state index contributed by atoms with van der Waals surface area (Å²) in [5, 5.41) is 10.8. The van der Waals surface area contributed by atoms with Crippen LogP contribution < -0.4 is 21.3 Å². The third kappa shape index (κ3) is 6.86. The molecule has 0 radical (unpaired) electrons. The van der Waals surface area contributed by atoms with Crippen molar-refractivity contribution in [3.63, 3.8) is 0 Å². The van der Waals surface area contributed by atoms with Gasteiger partial charge in [-0.25, -0.2) is 9.97 Å². The molecule has 4 N–H and O–H groups in total. The van der Waals surface area contributed by atoms with Crippen LogP contribution in [0.15, 0.2) is 53.2 Å². The summed E-state index contributed by atoms with van der Waals surface area (Å²) in [6.07, 6.45) is 6.21. The number of aromatic nitrogens is 2. The van der Waals surface area contributed by atoms with Crippen LogP contribution in [0.3, 0.4) is 0 Å². The van der Waals surface area contributed by atoms with Gasteiger partial charge in [0.05, 0.1) is 0 Å². The number of likely N-dealkylation sites (N-methyl/N-ethyl adjacent to an activating group) is 1. The van der Waals surface area contributed by atoms with Crippen molar-refractivity contribution in [3.05, 3.63) is 71.5 Å². The molecule has 3 aromatic rings. The van der Waals surface area contributed by atoms with Crippen molar-refractivity contribution in [2.75, 3.05) is 14.1 Å². The molecule has 1 saturated carbocycles. The second-order valence-electron chi connectivity index (χ2n) is 9.38. The fourth-order valence-corrected chi connectivity index (χ4v) is 4.69. The molecule has 11 heteroatoms. The molecule has 1 atom stereocenters. The maximum atomic E-state index is 13.0. The van der Waals surface area contributed by atoms with Gasteiger partial charge in [0, 0.05) is 32.3 Å². The third-order valence-electron chi connectivity index (χ3n) is 6.79. The van der Waals surface area contributed by atoms with Gasteiger partial charge < -0.3 is 25.7 Å². The molecule has 204 valence electrons. The number of hydrogen-bond donors (Lipinski definition) is 4. The number of carbonyl (C=O) groups is 4. The van der Waals surface area contributed by atoms with Crippen LogP contribution in [0.4, 0.5) is 0 Å². The zero-order valence-electron chi connectivity index (χ0n) is 22.0. The molecule has 2 aromatic heterocycles. The van der Waals surface area contributed by atoms with Crippen LogP contribution in [0.1, 0.15) is 69.2 Å². The van der Waals surface area contributed by atoms with Crippen LogP contribution in [0.5, 0.6) is 0 Å². The average Bonchev–Trinajstić information content (AvgIpc) is 3.49. The van der Waals surface area contributed by atoms with Gasteiger partial charge in [-0.2, -0.15) is 0 Å². The van der Waals surface area contributed by atoms with E-state index in [2.05, 4.69) is 31.2 Å². The van der Waals surface area contributed by atoms with E-state index >= 15 is 0 Å². The molecule has 2 heterocycles. The van der Waals surface area contributed by atoms with E-state index in [0.717, 1.165) is 49.6 Å². The highest BCUT2D eigenvalue weighted by Gasteiger charge is 2.31. The molecular formula is C28H32N6O5. The fraction of sp³-hybridized carbons (Fsp3) is 0.357. The summed E-state index contributed by atoms with van der Waals surface area (Å²) in [6.45, 7) is 0.204. The van der Waals surface area contributed by atoms with Gasteiger partial charge in [-0.3, -0.25) is 19.2 Å². The number of carbonyl (C=O) groups excluding carboxylic acids is 4. The standard InChI is InChI=1S/C28H32N6O5/c1-29-25(35)20-14-21(33-16-32-20)26(36)31-15-17-7-6-10-19(13-17)22-11-12-23(39-22)27(37)34-24(28(38)30-2)18-8-4-3-5-9-18/h6-7,10-14,16,18,24H,3-5,8-9,15H2,1-2H3,(H,29,35)(H,30,38)(H,31,36)(H,34,37)/t24-/m0/s1. The lowest BCUT2D eigenvalue weighted by molar-refractivity contribution is -0.124.